The summed E-state index contributed by atoms with van der Waals surface area (Å²) in [6.45, 7) is 1.71. The summed E-state index contributed by atoms with van der Waals surface area (Å²) in [5.41, 5.74) is 2.48. The van der Waals surface area contributed by atoms with E-state index in [0.29, 0.717) is 11.3 Å². The molecule has 6 nitrogen and oxygen atoms in total. The highest BCUT2D eigenvalue weighted by atomic mass is 16.4. The summed E-state index contributed by atoms with van der Waals surface area (Å²) in [5, 5.41) is 14.1. The summed E-state index contributed by atoms with van der Waals surface area (Å²) in [4.78, 5) is 27.6. The molecular formula is C22H20N2O4. The van der Waals surface area contributed by atoms with Crippen molar-refractivity contribution in [3.8, 4) is 0 Å². The third-order valence-electron chi connectivity index (χ3n) is 4.98. The van der Waals surface area contributed by atoms with Crippen molar-refractivity contribution >= 4 is 33.7 Å². The van der Waals surface area contributed by atoms with Crippen LogP contribution in [0, 0.1) is 0 Å². The molecule has 1 amide bonds. The van der Waals surface area contributed by atoms with Crippen molar-refractivity contribution in [1.29, 1.82) is 0 Å². The average Bonchev–Trinajstić information content (AvgIpc) is 3.31. The number of para-hydroxylation sites is 2. The number of carbonyl (C=O) groups excluding carboxylic acids is 1. The first-order valence-electron chi connectivity index (χ1n) is 9.09. The van der Waals surface area contributed by atoms with E-state index in [2.05, 4.69) is 10.3 Å². The number of aromatic amines is 1. The van der Waals surface area contributed by atoms with E-state index in [0.717, 1.165) is 21.9 Å². The van der Waals surface area contributed by atoms with E-state index >= 15 is 0 Å². The highest BCUT2D eigenvalue weighted by molar-refractivity contribution is 5.90. The van der Waals surface area contributed by atoms with Gasteiger partial charge in [-0.05, 0) is 30.7 Å². The first-order chi connectivity index (χ1) is 13.5. The number of amides is 1. The van der Waals surface area contributed by atoms with Crippen molar-refractivity contribution in [3.05, 3.63) is 72.1 Å². The van der Waals surface area contributed by atoms with Crippen LogP contribution in [0.3, 0.4) is 0 Å². The predicted octanol–water partition coefficient (Wildman–Crippen LogP) is 3.83. The summed E-state index contributed by atoms with van der Waals surface area (Å²) >= 11 is 0. The first-order valence-corrected chi connectivity index (χ1v) is 9.09. The van der Waals surface area contributed by atoms with Gasteiger partial charge in [0.25, 0.3) is 0 Å². The van der Waals surface area contributed by atoms with Crippen LogP contribution in [0.25, 0.3) is 21.9 Å². The zero-order valence-corrected chi connectivity index (χ0v) is 15.3. The Morgan fingerprint density at radius 3 is 2.68 bits per heavy atom. The minimum atomic E-state index is -1.07. The molecule has 0 aliphatic heterocycles. The molecule has 0 fully saturated rings. The maximum absolute atomic E-state index is 12.7. The van der Waals surface area contributed by atoms with Gasteiger partial charge in [-0.2, -0.15) is 0 Å². The number of H-pyrrole nitrogens is 1. The molecule has 3 N–H and O–H groups in total. The van der Waals surface area contributed by atoms with Crippen molar-refractivity contribution in [2.24, 2.45) is 0 Å². The minimum Gasteiger partial charge on any atom is -0.480 e. The lowest BCUT2D eigenvalue weighted by Gasteiger charge is -2.16. The number of nitrogens with one attached hydrogen (secondary N) is 2. The fraction of sp³-hybridized carbons (Fsp3) is 0.182. The Bertz CT molecular complexity index is 1120. The van der Waals surface area contributed by atoms with Crippen LogP contribution in [-0.2, 0) is 16.0 Å². The molecule has 0 bridgehead atoms. The number of fused-ring (bicyclic) bond motifs is 2. The van der Waals surface area contributed by atoms with Crippen LogP contribution in [0.1, 0.15) is 24.2 Å². The Kier molecular flexibility index (Phi) is 4.61. The molecule has 2 aromatic carbocycles. The zero-order valence-electron chi connectivity index (χ0n) is 15.3. The Hall–Kier alpha value is -3.54. The van der Waals surface area contributed by atoms with Gasteiger partial charge in [-0.15, -0.1) is 0 Å². The maximum Gasteiger partial charge on any atom is 0.326 e. The molecule has 142 valence electrons. The number of carboxylic acid groups (broad SMARTS) is 1. The lowest BCUT2D eigenvalue weighted by molar-refractivity contribution is -0.142. The molecule has 0 saturated heterocycles. The molecule has 2 aromatic heterocycles. The van der Waals surface area contributed by atoms with Crippen LogP contribution in [-0.4, -0.2) is 28.0 Å². The summed E-state index contributed by atoms with van der Waals surface area (Å²) in [6, 6.07) is 16.0. The second-order valence-corrected chi connectivity index (χ2v) is 6.87. The number of benzene rings is 2. The normalized spacial score (nSPS) is 13.5. The van der Waals surface area contributed by atoms with Gasteiger partial charge >= 0.3 is 5.97 Å². The molecule has 4 rings (SSSR count). The van der Waals surface area contributed by atoms with E-state index < -0.39 is 17.9 Å². The van der Waals surface area contributed by atoms with Gasteiger partial charge in [0.2, 0.25) is 5.91 Å². The van der Waals surface area contributed by atoms with Crippen LogP contribution in [0.2, 0.25) is 0 Å². The predicted molar refractivity (Wildman–Crippen MR) is 106 cm³/mol. The fourth-order valence-electron chi connectivity index (χ4n) is 3.36. The van der Waals surface area contributed by atoms with Gasteiger partial charge in [-0.1, -0.05) is 36.4 Å². The number of aromatic nitrogens is 1. The van der Waals surface area contributed by atoms with E-state index in [4.69, 9.17) is 4.42 Å². The van der Waals surface area contributed by atoms with Gasteiger partial charge in [0.05, 0.1) is 5.92 Å². The van der Waals surface area contributed by atoms with Gasteiger partial charge in [0, 0.05) is 28.9 Å². The number of aliphatic carboxylic acids is 1. The van der Waals surface area contributed by atoms with E-state index in [1.807, 2.05) is 54.6 Å². The van der Waals surface area contributed by atoms with Crippen LogP contribution < -0.4 is 5.32 Å². The molecule has 0 spiro atoms. The van der Waals surface area contributed by atoms with Crippen molar-refractivity contribution in [1.82, 2.24) is 10.3 Å². The highest BCUT2D eigenvalue weighted by Crippen LogP contribution is 2.25. The van der Waals surface area contributed by atoms with Gasteiger partial charge in [0.15, 0.2) is 0 Å². The van der Waals surface area contributed by atoms with E-state index in [1.165, 1.54) is 0 Å². The Morgan fingerprint density at radius 1 is 1.14 bits per heavy atom. The number of carbonyl (C=O) groups is 2. The number of furan rings is 1. The molecule has 2 heterocycles. The van der Waals surface area contributed by atoms with E-state index in [-0.39, 0.29) is 12.3 Å². The molecule has 0 aliphatic rings. The Balaban J connectivity index is 1.52. The smallest absolute Gasteiger partial charge is 0.326 e. The topological polar surface area (TPSA) is 95.3 Å². The SMILES string of the molecule is CC(C(=O)NC(Cc1c[nH]c2ccccc12)C(=O)O)c1cc2ccccc2o1. The standard InChI is InChI=1S/C22H20N2O4/c1-13(20-11-14-6-2-5-9-19(14)28-20)21(25)24-18(22(26)27)10-15-12-23-17-8-4-3-7-16(15)17/h2-9,11-13,18,23H,10H2,1H3,(H,24,25)(H,26,27). The second-order valence-electron chi connectivity index (χ2n) is 6.87. The van der Waals surface area contributed by atoms with Crippen molar-refractivity contribution < 1.29 is 19.1 Å². The third-order valence-corrected chi connectivity index (χ3v) is 4.98. The number of hydrogen-bond donors (Lipinski definition) is 3. The van der Waals surface area contributed by atoms with Crippen LogP contribution in [0.5, 0.6) is 0 Å². The van der Waals surface area contributed by atoms with Crippen LogP contribution >= 0.6 is 0 Å². The second kappa shape index (κ2) is 7.23. The molecule has 0 aliphatic carbocycles. The average molecular weight is 376 g/mol. The highest BCUT2D eigenvalue weighted by Gasteiger charge is 2.26. The van der Waals surface area contributed by atoms with Crippen LogP contribution in [0.4, 0.5) is 0 Å². The molecule has 4 aromatic rings. The van der Waals surface area contributed by atoms with Crippen molar-refractivity contribution in [2.45, 2.75) is 25.3 Å². The summed E-state index contributed by atoms with van der Waals surface area (Å²) in [6.07, 6.45) is 1.98. The van der Waals surface area contributed by atoms with Crippen molar-refractivity contribution in [3.63, 3.8) is 0 Å². The molecule has 0 saturated carbocycles. The molecule has 28 heavy (non-hydrogen) atoms. The number of carboxylic acids is 1. The van der Waals surface area contributed by atoms with E-state index in [9.17, 15) is 14.7 Å². The third kappa shape index (κ3) is 3.36. The van der Waals surface area contributed by atoms with Crippen LogP contribution in [0.15, 0.2) is 65.2 Å². The molecule has 6 heteroatoms. The Labute approximate surface area is 161 Å². The van der Waals surface area contributed by atoms with Gasteiger partial charge < -0.3 is 19.8 Å². The van der Waals surface area contributed by atoms with Gasteiger partial charge in [-0.25, -0.2) is 4.79 Å². The fourth-order valence-corrected chi connectivity index (χ4v) is 3.36. The van der Waals surface area contributed by atoms with Gasteiger partial charge in [-0.3, -0.25) is 4.79 Å². The molecule has 2 atom stereocenters. The maximum atomic E-state index is 12.7. The van der Waals surface area contributed by atoms with Crippen molar-refractivity contribution in [2.75, 3.05) is 0 Å². The number of rotatable bonds is 6. The largest absolute Gasteiger partial charge is 0.480 e. The zero-order chi connectivity index (χ0) is 19.7. The first kappa shape index (κ1) is 17.9. The quantitative estimate of drug-likeness (QED) is 0.477. The number of hydrogen-bond acceptors (Lipinski definition) is 3. The van der Waals surface area contributed by atoms with E-state index in [1.54, 1.807) is 13.1 Å². The molecule has 0 radical (unpaired) electrons. The summed E-state index contributed by atoms with van der Waals surface area (Å²) < 4.78 is 5.74. The summed E-state index contributed by atoms with van der Waals surface area (Å²) in [5.74, 6) is -1.55. The molecule has 2 unspecified atom stereocenters. The lowest BCUT2D eigenvalue weighted by Crippen LogP contribution is -2.43. The molecular weight excluding hydrogens is 356 g/mol. The monoisotopic (exact) mass is 376 g/mol. The lowest BCUT2D eigenvalue weighted by atomic mass is 10.0. The summed E-state index contributed by atoms with van der Waals surface area (Å²) in [7, 11) is 0. The minimum absolute atomic E-state index is 0.192. The Morgan fingerprint density at radius 2 is 1.89 bits per heavy atom. The van der Waals surface area contributed by atoms with Gasteiger partial charge in [0.1, 0.15) is 17.4 Å².